The summed E-state index contributed by atoms with van der Waals surface area (Å²) in [6.45, 7) is 3.76. The molecule has 0 saturated heterocycles. The van der Waals surface area contributed by atoms with Crippen LogP contribution in [0.2, 0.25) is 10.0 Å². The van der Waals surface area contributed by atoms with Gasteiger partial charge in [0.2, 0.25) is 0 Å². The van der Waals surface area contributed by atoms with E-state index < -0.39 is 0 Å². The minimum absolute atomic E-state index is 0.134. The number of hydrogen-bond donors (Lipinski definition) is 0. The van der Waals surface area contributed by atoms with Gasteiger partial charge >= 0.3 is 5.91 Å². The molecule has 0 aliphatic heterocycles. The van der Waals surface area contributed by atoms with Gasteiger partial charge in [-0.2, -0.15) is 9.78 Å². The van der Waals surface area contributed by atoms with Crippen LogP contribution in [0.4, 0.5) is 0 Å². The van der Waals surface area contributed by atoms with E-state index in [2.05, 4.69) is 21.0 Å². The molecule has 0 aliphatic rings. The van der Waals surface area contributed by atoms with Crippen LogP contribution in [-0.2, 0) is 6.61 Å². The van der Waals surface area contributed by atoms with Gasteiger partial charge in [0.15, 0.2) is 5.76 Å². The summed E-state index contributed by atoms with van der Waals surface area (Å²) in [7, 11) is 0. The van der Waals surface area contributed by atoms with Crippen LogP contribution in [0.25, 0.3) is 0 Å². The van der Waals surface area contributed by atoms with Crippen molar-refractivity contribution in [3.8, 4) is 5.75 Å². The van der Waals surface area contributed by atoms with E-state index >= 15 is 0 Å². The average Bonchev–Trinajstić information content (AvgIpc) is 3.14. The number of nitrogens with zero attached hydrogens (tertiary/aromatic N) is 2. The Hall–Kier alpha value is -1.76. The number of aryl methyl sites for hydroxylation is 1. The third-order valence-corrected chi connectivity index (χ3v) is 5.21. The molecule has 0 aliphatic carbocycles. The number of hydrogen-bond acceptors (Lipinski definition) is 4. The Kier molecular flexibility index (Phi) is 5.22. The largest absolute Gasteiger partial charge is 0.484 e. The van der Waals surface area contributed by atoms with Crippen LogP contribution in [0, 0.1) is 13.8 Å². The highest BCUT2D eigenvalue weighted by atomic mass is 79.9. The number of halogens is 3. The molecule has 0 saturated carbocycles. The van der Waals surface area contributed by atoms with Gasteiger partial charge < -0.3 is 9.15 Å². The SMILES string of the molecule is Cc1nn(C(=O)c2ccc(COc3ccc(Cl)cc3Cl)o2)c(C)c1Br. The van der Waals surface area contributed by atoms with Crippen molar-refractivity contribution in [2.24, 2.45) is 0 Å². The van der Waals surface area contributed by atoms with Crippen LogP contribution in [0.3, 0.4) is 0 Å². The molecule has 0 amide bonds. The highest BCUT2D eigenvalue weighted by Gasteiger charge is 2.19. The van der Waals surface area contributed by atoms with Crippen molar-refractivity contribution >= 4 is 45.0 Å². The third-order valence-electron chi connectivity index (χ3n) is 3.53. The number of aromatic nitrogens is 2. The van der Waals surface area contributed by atoms with Crippen LogP contribution in [-0.4, -0.2) is 15.7 Å². The second-order valence-electron chi connectivity index (χ2n) is 5.33. The second-order valence-corrected chi connectivity index (χ2v) is 6.97. The van der Waals surface area contributed by atoms with Crippen molar-refractivity contribution in [3.05, 3.63) is 67.8 Å². The summed E-state index contributed by atoms with van der Waals surface area (Å²) in [4.78, 5) is 12.5. The van der Waals surface area contributed by atoms with E-state index in [0.29, 0.717) is 27.2 Å². The van der Waals surface area contributed by atoms with Gasteiger partial charge in [-0.05, 0) is 60.1 Å². The van der Waals surface area contributed by atoms with Gasteiger partial charge in [-0.25, -0.2) is 0 Å². The van der Waals surface area contributed by atoms with E-state index in [9.17, 15) is 4.79 Å². The lowest BCUT2D eigenvalue weighted by Gasteiger charge is -2.06. The first-order valence-corrected chi connectivity index (χ1v) is 8.84. The lowest BCUT2D eigenvalue weighted by molar-refractivity contribution is 0.0910. The summed E-state index contributed by atoms with van der Waals surface area (Å²) >= 11 is 15.3. The van der Waals surface area contributed by atoms with Gasteiger partial charge in [-0.3, -0.25) is 4.79 Å². The predicted molar refractivity (Wildman–Crippen MR) is 98.6 cm³/mol. The van der Waals surface area contributed by atoms with E-state index in [-0.39, 0.29) is 18.3 Å². The number of ether oxygens (including phenoxy) is 1. The predicted octanol–water partition coefficient (Wildman–Crippen LogP) is 5.43. The molecular formula is C17H13BrCl2N2O3. The molecule has 0 bridgehead atoms. The topological polar surface area (TPSA) is 57.3 Å². The Labute approximate surface area is 162 Å². The van der Waals surface area contributed by atoms with Gasteiger partial charge in [-0.15, -0.1) is 0 Å². The van der Waals surface area contributed by atoms with Crippen molar-refractivity contribution in [2.75, 3.05) is 0 Å². The number of furan rings is 1. The number of benzene rings is 1. The molecule has 1 aromatic carbocycles. The van der Waals surface area contributed by atoms with Crippen LogP contribution < -0.4 is 4.74 Å². The third kappa shape index (κ3) is 3.76. The Bertz CT molecular complexity index is 950. The monoisotopic (exact) mass is 442 g/mol. The Balaban J connectivity index is 1.73. The van der Waals surface area contributed by atoms with Gasteiger partial charge in [0.1, 0.15) is 18.1 Å². The standard InChI is InChI=1S/C17H13BrCl2N2O3/c1-9-16(18)10(2)22(21-9)17(23)15-6-4-12(25-15)8-24-14-5-3-11(19)7-13(14)20/h3-7H,8H2,1-2H3. The molecule has 2 aromatic heterocycles. The molecule has 130 valence electrons. The van der Waals surface area contributed by atoms with Crippen molar-refractivity contribution < 1.29 is 13.9 Å². The van der Waals surface area contributed by atoms with E-state index in [1.54, 1.807) is 37.3 Å². The molecule has 3 aromatic rings. The molecule has 0 radical (unpaired) electrons. The molecule has 5 nitrogen and oxygen atoms in total. The van der Waals surface area contributed by atoms with Gasteiger partial charge in [-0.1, -0.05) is 23.2 Å². The van der Waals surface area contributed by atoms with Crippen LogP contribution in [0.1, 0.15) is 27.7 Å². The summed E-state index contributed by atoms with van der Waals surface area (Å²) in [5.41, 5.74) is 1.45. The average molecular weight is 444 g/mol. The van der Waals surface area contributed by atoms with E-state index in [4.69, 9.17) is 32.4 Å². The van der Waals surface area contributed by atoms with Crippen molar-refractivity contribution in [1.82, 2.24) is 9.78 Å². The van der Waals surface area contributed by atoms with E-state index in [1.807, 2.05) is 6.92 Å². The maximum Gasteiger partial charge on any atom is 0.314 e. The van der Waals surface area contributed by atoms with Crippen LogP contribution >= 0.6 is 39.1 Å². The fourth-order valence-electron chi connectivity index (χ4n) is 2.24. The van der Waals surface area contributed by atoms with Crippen LogP contribution in [0.15, 0.2) is 39.2 Å². The molecule has 0 unspecified atom stereocenters. The van der Waals surface area contributed by atoms with Gasteiger partial charge in [0, 0.05) is 5.02 Å². The maximum atomic E-state index is 12.5. The molecule has 3 rings (SSSR count). The summed E-state index contributed by atoms with van der Waals surface area (Å²) < 4.78 is 13.3. The first-order valence-electron chi connectivity index (χ1n) is 7.30. The quantitative estimate of drug-likeness (QED) is 0.539. The molecule has 25 heavy (non-hydrogen) atoms. The zero-order valence-electron chi connectivity index (χ0n) is 13.3. The first kappa shape index (κ1) is 18.0. The molecule has 0 spiro atoms. The van der Waals surface area contributed by atoms with Crippen molar-refractivity contribution in [1.29, 1.82) is 0 Å². The Morgan fingerprint density at radius 3 is 2.68 bits per heavy atom. The lowest BCUT2D eigenvalue weighted by Crippen LogP contribution is -2.14. The number of rotatable bonds is 4. The minimum Gasteiger partial charge on any atom is -0.484 e. The Morgan fingerprint density at radius 1 is 1.28 bits per heavy atom. The molecular weight excluding hydrogens is 431 g/mol. The maximum absolute atomic E-state index is 12.5. The van der Waals surface area contributed by atoms with Gasteiger partial charge in [0.05, 0.1) is 20.9 Å². The zero-order valence-corrected chi connectivity index (χ0v) is 16.4. The molecule has 8 heteroatoms. The van der Waals surface area contributed by atoms with E-state index in [0.717, 1.165) is 10.2 Å². The first-order chi connectivity index (χ1) is 11.9. The zero-order chi connectivity index (χ0) is 18.1. The fourth-order valence-corrected chi connectivity index (χ4v) is 2.95. The van der Waals surface area contributed by atoms with E-state index in [1.165, 1.54) is 4.68 Å². The minimum atomic E-state index is -0.345. The van der Waals surface area contributed by atoms with Crippen molar-refractivity contribution in [2.45, 2.75) is 20.5 Å². The summed E-state index contributed by atoms with van der Waals surface area (Å²) in [6.07, 6.45) is 0. The van der Waals surface area contributed by atoms with Crippen LogP contribution in [0.5, 0.6) is 5.75 Å². The highest BCUT2D eigenvalue weighted by molar-refractivity contribution is 9.10. The normalized spacial score (nSPS) is 10.9. The fraction of sp³-hybridized carbons (Fsp3) is 0.176. The number of carbonyl (C=O) groups is 1. The second kappa shape index (κ2) is 7.23. The number of carbonyl (C=O) groups excluding carboxylic acids is 1. The summed E-state index contributed by atoms with van der Waals surface area (Å²) in [5.74, 6) is 0.814. The smallest absolute Gasteiger partial charge is 0.314 e. The van der Waals surface area contributed by atoms with Gasteiger partial charge in [0.25, 0.3) is 0 Å². The molecule has 0 atom stereocenters. The lowest BCUT2D eigenvalue weighted by atomic mass is 10.3. The summed E-state index contributed by atoms with van der Waals surface area (Å²) in [5, 5.41) is 5.14. The molecule has 2 heterocycles. The Morgan fingerprint density at radius 2 is 2.04 bits per heavy atom. The summed E-state index contributed by atoms with van der Waals surface area (Å²) in [6, 6.07) is 8.22. The highest BCUT2D eigenvalue weighted by Crippen LogP contribution is 2.28. The molecule has 0 fully saturated rings. The van der Waals surface area contributed by atoms with Crippen molar-refractivity contribution in [3.63, 3.8) is 0 Å². The molecule has 0 N–H and O–H groups in total.